The van der Waals surface area contributed by atoms with E-state index in [0.29, 0.717) is 37.5 Å². The van der Waals surface area contributed by atoms with Crippen LogP contribution in [0.4, 0.5) is 0 Å². The third-order valence-electron chi connectivity index (χ3n) is 5.54. The molecule has 1 fully saturated rings. The van der Waals surface area contributed by atoms with Crippen molar-refractivity contribution < 1.29 is 14.3 Å². The van der Waals surface area contributed by atoms with Gasteiger partial charge < -0.3 is 14.5 Å². The van der Waals surface area contributed by atoms with Crippen molar-refractivity contribution in [2.75, 3.05) is 33.3 Å². The molecule has 0 radical (unpaired) electrons. The summed E-state index contributed by atoms with van der Waals surface area (Å²) >= 11 is 0. The van der Waals surface area contributed by atoms with Gasteiger partial charge in [0.1, 0.15) is 5.75 Å². The van der Waals surface area contributed by atoms with Gasteiger partial charge >= 0.3 is 0 Å². The summed E-state index contributed by atoms with van der Waals surface area (Å²) < 4.78 is 5.25. The predicted molar refractivity (Wildman–Crippen MR) is 109 cm³/mol. The fourth-order valence-electron chi connectivity index (χ4n) is 3.97. The van der Waals surface area contributed by atoms with Crippen molar-refractivity contribution in [3.05, 3.63) is 65.7 Å². The molecule has 2 amide bonds. The largest absolute Gasteiger partial charge is 0.497 e. The molecular formula is C23H28N2O3. The smallest absolute Gasteiger partial charge is 0.254 e. The Morgan fingerprint density at radius 1 is 1.04 bits per heavy atom. The summed E-state index contributed by atoms with van der Waals surface area (Å²) in [6.07, 6.45) is 0. The van der Waals surface area contributed by atoms with Crippen LogP contribution in [0.5, 0.6) is 5.75 Å². The highest BCUT2D eigenvalue weighted by molar-refractivity contribution is 5.95. The summed E-state index contributed by atoms with van der Waals surface area (Å²) in [5.74, 6) is 0.496. The number of carbonyl (C=O) groups excluding carboxylic acids is 2. The Bertz CT molecular complexity index is 818. The van der Waals surface area contributed by atoms with Gasteiger partial charge in [-0.2, -0.15) is 0 Å². The number of hydrogen-bond donors (Lipinski definition) is 0. The average molecular weight is 380 g/mol. The first-order valence-electron chi connectivity index (χ1n) is 9.86. The highest BCUT2D eigenvalue weighted by Gasteiger charge is 2.41. The second-order valence-electron chi connectivity index (χ2n) is 7.08. The van der Waals surface area contributed by atoms with Crippen LogP contribution < -0.4 is 4.74 Å². The van der Waals surface area contributed by atoms with Crippen LogP contribution in [-0.4, -0.2) is 54.9 Å². The molecule has 0 aromatic heterocycles. The summed E-state index contributed by atoms with van der Waals surface area (Å²) in [5, 5.41) is 0. The number of hydrogen-bond acceptors (Lipinski definition) is 3. The Kier molecular flexibility index (Phi) is 6.34. The molecule has 28 heavy (non-hydrogen) atoms. The van der Waals surface area contributed by atoms with Crippen molar-refractivity contribution in [2.45, 2.75) is 19.8 Å². The van der Waals surface area contributed by atoms with Crippen LogP contribution in [0.3, 0.4) is 0 Å². The molecule has 0 spiro atoms. The minimum absolute atomic E-state index is 0.00357. The molecule has 0 saturated carbocycles. The molecule has 2 aromatic carbocycles. The molecule has 1 heterocycles. The van der Waals surface area contributed by atoms with Crippen molar-refractivity contribution in [1.82, 2.24) is 9.80 Å². The zero-order valence-corrected chi connectivity index (χ0v) is 16.8. The van der Waals surface area contributed by atoms with Gasteiger partial charge in [0.2, 0.25) is 5.91 Å². The van der Waals surface area contributed by atoms with Gasteiger partial charge in [0.05, 0.1) is 13.0 Å². The van der Waals surface area contributed by atoms with Gasteiger partial charge in [0.25, 0.3) is 5.91 Å². The van der Waals surface area contributed by atoms with E-state index < -0.39 is 0 Å². The van der Waals surface area contributed by atoms with Crippen molar-refractivity contribution in [1.29, 1.82) is 0 Å². The zero-order valence-electron chi connectivity index (χ0n) is 16.8. The van der Waals surface area contributed by atoms with E-state index >= 15 is 0 Å². The Morgan fingerprint density at radius 2 is 1.75 bits per heavy atom. The molecule has 3 rings (SSSR count). The SMILES string of the molecule is CCN(CC)C(=O)[C@@H]1CN(C(=O)c2cccc(OC)c2)C[C@@H]1c1ccccc1. The standard InChI is InChI=1S/C23H28N2O3/c1-4-24(5-2)23(27)21-16-25(15-20(21)17-10-7-6-8-11-17)22(26)18-12-9-13-19(14-18)28-3/h6-14,20-21H,4-5,15-16H2,1-3H3/t20-,21-/m1/s1. The van der Waals surface area contributed by atoms with E-state index in [0.717, 1.165) is 5.56 Å². The van der Waals surface area contributed by atoms with Gasteiger partial charge in [-0.15, -0.1) is 0 Å². The van der Waals surface area contributed by atoms with E-state index in [1.54, 1.807) is 24.1 Å². The van der Waals surface area contributed by atoms with Gasteiger partial charge in [0.15, 0.2) is 0 Å². The van der Waals surface area contributed by atoms with Crippen molar-refractivity contribution in [2.24, 2.45) is 5.92 Å². The van der Waals surface area contributed by atoms with Gasteiger partial charge in [-0.1, -0.05) is 36.4 Å². The molecule has 148 valence electrons. The molecule has 1 saturated heterocycles. The normalized spacial score (nSPS) is 18.8. The summed E-state index contributed by atoms with van der Waals surface area (Å²) in [6, 6.07) is 17.2. The monoisotopic (exact) mass is 380 g/mol. The van der Waals surface area contributed by atoms with Crippen LogP contribution in [-0.2, 0) is 4.79 Å². The van der Waals surface area contributed by atoms with Crippen LogP contribution in [0.15, 0.2) is 54.6 Å². The quantitative estimate of drug-likeness (QED) is 0.772. The third kappa shape index (κ3) is 4.03. The lowest BCUT2D eigenvalue weighted by atomic mass is 9.88. The third-order valence-corrected chi connectivity index (χ3v) is 5.54. The fraction of sp³-hybridized carbons (Fsp3) is 0.391. The van der Waals surface area contributed by atoms with Gasteiger partial charge in [0, 0.05) is 37.7 Å². The lowest BCUT2D eigenvalue weighted by Gasteiger charge is -2.25. The second kappa shape index (κ2) is 8.91. The maximum absolute atomic E-state index is 13.2. The summed E-state index contributed by atoms with van der Waals surface area (Å²) in [5.41, 5.74) is 1.69. The van der Waals surface area contributed by atoms with Gasteiger partial charge in [-0.05, 0) is 37.6 Å². The molecular weight excluding hydrogens is 352 g/mol. The molecule has 0 bridgehead atoms. The van der Waals surface area contributed by atoms with E-state index in [-0.39, 0.29) is 23.7 Å². The first kappa shape index (κ1) is 19.9. The van der Waals surface area contributed by atoms with E-state index in [2.05, 4.69) is 0 Å². The summed E-state index contributed by atoms with van der Waals surface area (Å²) in [6.45, 7) is 6.32. The fourth-order valence-corrected chi connectivity index (χ4v) is 3.97. The maximum atomic E-state index is 13.2. The summed E-state index contributed by atoms with van der Waals surface area (Å²) in [4.78, 5) is 29.9. The van der Waals surface area contributed by atoms with Crippen molar-refractivity contribution in [3.63, 3.8) is 0 Å². The number of carbonyl (C=O) groups is 2. The lowest BCUT2D eigenvalue weighted by molar-refractivity contribution is -0.135. The highest BCUT2D eigenvalue weighted by atomic mass is 16.5. The van der Waals surface area contributed by atoms with Crippen molar-refractivity contribution in [3.8, 4) is 5.75 Å². The Morgan fingerprint density at radius 3 is 2.39 bits per heavy atom. The van der Waals surface area contributed by atoms with E-state index in [1.165, 1.54) is 0 Å². The van der Waals surface area contributed by atoms with E-state index in [9.17, 15) is 9.59 Å². The molecule has 1 aliphatic heterocycles. The number of methoxy groups -OCH3 is 1. The molecule has 2 aromatic rings. The first-order chi connectivity index (χ1) is 13.6. The number of rotatable bonds is 6. The topological polar surface area (TPSA) is 49.9 Å². The Balaban J connectivity index is 1.88. The zero-order chi connectivity index (χ0) is 20.1. The lowest BCUT2D eigenvalue weighted by Crippen LogP contribution is -2.39. The minimum Gasteiger partial charge on any atom is -0.497 e. The van der Waals surface area contributed by atoms with Gasteiger partial charge in [-0.25, -0.2) is 0 Å². The molecule has 1 aliphatic rings. The first-order valence-corrected chi connectivity index (χ1v) is 9.86. The number of likely N-dealkylation sites (tertiary alicyclic amines) is 1. The molecule has 5 nitrogen and oxygen atoms in total. The molecule has 0 aliphatic carbocycles. The van der Waals surface area contributed by atoms with Crippen LogP contribution in [0.1, 0.15) is 35.7 Å². The molecule has 2 atom stereocenters. The Hall–Kier alpha value is -2.82. The van der Waals surface area contributed by atoms with Crippen LogP contribution in [0.2, 0.25) is 0 Å². The number of nitrogens with zero attached hydrogens (tertiary/aromatic N) is 2. The van der Waals surface area contributed by atoms with E-state index in [1.807, 2.05) is 61.2 Å². The second-order valence-corrected chi connectivity index (χ2v) is 7.08. The van der Waals surface area contributed by atoms with E-state index in [4.69, 9.17) is 4.74 Å². The molecule has 0 N–H and O–H groups in total. The van der Waals surface area contributed by atoms with Gasteiger partial charge in [-0.3, -0.25) is 9.59 Å². The highest BCUT2D eigenvalue weighted by Crippen LogP contribution is 2.35. The van der Waals surface area contributed by atoms with Crippen LogP contribution in [0, 0.1) is 5.92 Å². The maximum Gasteiger partial charge on any atom is 0.254 e. The number of amides is 2. The minimum atomic E-state index is -0.225. The average Bonchev–Trinajstić information content (AvgIpc) is 3.20. The predicted octanol–water partition coefficient (Wildman–Crippen LogP) is 3.42. The van der Waals surface area contributed by atoms with Crippen molar-refractivity contribution >= 4 is 11.8 Å². The Labute approximate surface area is 166 Å². The number of ether oxygens (including phenoxy) is 1. The molecule has 0 unspecified atom stereocenters. The van der Waals surface area contributed by atoms with Crippen LogP contribution >= 0.6 is 0 Å². The van der Waals surface area contributed by atoms with Crippen LogP contribution in [0.25, 0.3) is 0 Å². The number of benzene rings is 2. The summed E-state index contributed by atoms with van der Waals surface area (Å²) in [7, 11) is 1.59. The molecule has 5 heteroatoms.